The number of methoxy groups -OCH3 is 3. The average Bonchev–Trinajstić information content (AvgIpc) is 2.68. The highest BCUT2D eigenvalue weighted by Crippen LogP contribution is 2.38. The molecule has 26 heavy (non-hydrogen) atoms. The zero-order valence-corrected chi connectivity index (χ0v) is 15.2. The molecule has 2 rings (SSSR count). The van der Waals surface area contributed by atoms with E-state index in [1.807, 2.05) is 6.92 Å². The van der Waals surface area contributed by atoms with Crippen molar-refractivity contribution in [2.24, 2.45) is 5.10 Å². The number of benzene rings is 2. The predicted octanol–water partition coefficient (Wildman–Crippen LogP) is 2.88. The molecule has 0 aliphatic heterocycles. The van der Waals surface area contributed by atoms with E-state index in [2.05, 4.69) is 10.5 Å². The Kier molecular flexibility index (Phi) is 6.84. The second kappa shape index (κ2) is 9.31. The Morgan fingerprint density at radius 2 is 1.65 bits per heavy atom. The normalized spacial score (nSPS) is 10.5. The lowest BCUT2D eigenvalue weighted by molar-refractivity contribution is 0.0952. The summed E-state index contributed by atoms with van der Waals surface area (Å²) in [6.45, 7) is 2.36. The average molecular weight is 358 g/mol. The molecule has 0 radical (unpaired) electrons. The third-order valence-electron chi connectivity index (χ3n) is 3.50. The van der Waals surface area contributed by atoms with Crippen LogP contribution in [0, 0.1) is 0 Å². The third kappa shape index (κ3) is 4.44. The second-order valence-electron chi connectivity index (χ2n) is 5.09. The summed E-state index contributed by atoms with van der Waals surface area (Å²) in [4.78, 5) is 12.2. The van der Waals surface area contributed by atoms with Crippen LogP contribution in [0.25, 0.3) is 0 Å². The summed E-state index contributed by atoms with van der Waals surface area (Å²) < 4.78 is 21.4. The highest BCUT2D eigenvalue weighted by atomic mass is 16.5. The van der Waals surface area contributed by atoms with Crippen molar-refractivity contribution < 1.29 is 23.7 Å². The van der Waals surface area contributed by atoms with E-state index in [0.717, 1.165) is 0 Å². The molecule has 0 unspecified atom stereocenters. The molecule has 1 N–H and O–H groups in total. The molecule has 2 aromatic rings. The lowest BCUT2D eigenvalue weighted by Crippen LogP contribution is -2.18. The number of para-hydroxylation sites is 1. The largest absolute Gasteiger partial charge is 0.496 e. The van der Waals surface area contributed by atoms with Gasteiger partial charge in [-0.3, -0.25) is 4.79 Å². The summed E-state index contributed by atoms with van der Waals surface area (Å²) in [5.74, 6) is 1.66. The van der Waals surface area contributed by atoms with Gasteiger partial charge in [0.2, 0.25) is 5.75 Å². The van der Waals surface area contributed by atoms with Crippen LogP contribution in [0.1, 0.15) is 22.8 Å². The molecule has 0 saturated heterocycles. The zero-order chi connectivity index (χ0) is 18.9. The summed E-state index contributed by atoms with van der Waals surface area (Å²) >= 11 is 0. The fraction of sp³-hybridized carbons (Fsp3) is 0.263. The molecule has 0 aliphatic rings. The van der Waals surface area contributed by atoms with Gasteiger partial charge in [-0.05, 0) is 31.2 Å². The van der Waals surface area contributed by atoms with Crippen molar-refractivity contribution in [1.82, 2.24) is 5.43 Å². The number of carbonyl (C=O) groups is 1. The van der Waals surface area contributed by atoms with Crippen LogP contribution in [0.2, 0.25) is 0 Å². The topological polar surface area (TPSA) is 78.4 Å². The van der Waals surface area contributed by atoms with Crippen molar-refractivity contribution in [3.63, 3.8) is 0 Å². The number of hydrogen-bond acceptors (Lipinski definition) is 6. The number of ether oxygens (including phenoxy) is 4. The Morgan fingerprint density at radius 3 is 2.23 bits per heavy atom. The molecule has 0 saturated carbocycles. The Bertz CT molecular complexity index is 764. The molecule has 0 spiro atoms. The first-order valence-electron chi connectivity index (χ1n) is 7.99. The number of amides is 1. The van der Waals surface area contributed by atoms with Gasteiger partial charge in [-0.1, -0.05) is 12.1 Å². The minimum atomic E-state index is -0.372. The van der Waals surface area contributed by atoms with Crippen LogP contribution in [0.5, 0.6) is 23.0 Å². The summed E-state index contributed by atoms with van der Waals surface area (Å²) in [5, 5.41) is 3.99. The molecule has 1 amide bonds. The summed E-state index contributed by atoms with van der Waals surface area (Å²) in [7, 11) is 4.59. The van der Waals surface area contributed by atoms with Crippen LogP contribution < -0.4 is 24.4 Å². The van der Waals surface area contributed by atoms with Crippen LogP contribution >= 0.6 is 0 Å². The maximum absolute atomic E-state index is 12.2. The summed E-state index contributed by atoms with van der Waals surface area (Å²) in [6.07, 6.45) is 1.49. The number of rotatable bonds is 8. The van der Waals surface area contributed by atoms with Crippen LogP contribution in [-0.2, 0) is 0 Å². The molecule has 0 atom stereocenters. The maximum atomic E-state index is 12.2. The fourth-order valence-electron chi connectivity index (χ4n) is 2.32. The van der Waals surface area contributed by atoms with E-state index in [1.54, 1.807) is 50.6 Å². The Labute approximate surface area is 152 Å². The first-order valence-corrected chi connectivity index (χ1v) is 7.99. The number of nitrogens with one attached hydrogen (secondary N) is 1. The van der Waals surface area contributed by atoms with Gasteiger partial charge >= 0.3 is 0 Å². The van der Waals surface area contributed by atoms with Crippen LogP contribution in [0.4, 0.5) is 0 Å². The molecule has 7 heteroatoms. The van der Waals surface area contributed by atoms with Gasteiger partial charge in [-0.15, -0.1) is 0 Å². The van der Waals surface area contributed by atoms with E-state index >= 15 is 0 Å². The van der Waals surface area contributed by atoms with Gasteiger partial charge in [0.25, 0.3) is 5.91 Å². The number of nitrogens with zero attached hydrogens (tertiary/aromatic N) is 1. The van der Waals surface area contributed by atoms with Crippen molar-refractivity contribution >= 4 is 12.1 Å². The van der Waals surface area contributed by atoms with E-state index in [4.69, 9.17) is 18.9 Å². The van der Waals surface area contributed by atoms with E-state index in [-0.39, 0.29) is 5.91 Å². The Morgan fingerprint density at radius 1 is 1.04 bits per heavy atom. The molecule has 2 aromatic carbocycles. The van der Waals surface area contributed by atoms with E-state index < -0.39 is 0 Å². The zero-order valence-electron chi connectivity index (χ0n) is 15.2. The van der Waals surface area contributed by atoms with Crippen LogP contribution in [0.3, 0.4) is 0 Å². The van der Waals surface area contributed by atoms with Crippen molar-refractivity contribution in [2.45, 2.75) is 6.92 Å². The minimum Gasteiger partial charge on any atom is -0.496 e. The fourth-order valence-corrected chi connectivity index (χ4v) is 2.32. The van der Waals surface area contributed by atoms with Gasteiger partial charge in [-0.2, -0.15) is 5.10 Å². The molecular weight excluding hydrogens is 336 g/mol. The van der Waals surface area contributed by atoms with Crippen molar-refractivity contribution in [1.29, 1.82) is 0 Å². The van der Waals surface area contributed by atoms with Gasteiger partial charge < -0.3 is 18.9 Å². The SMILES string of the molecule is CCOc1c(OC)cc(/C=N/NC(=O)c2ccccc2OC)cc1OC. The molecule has 7 nitrogen and oxygen atoms in total. The monoisotopic (exact) mass is 358 g/mol. The van der Waals surface area contributed by atoms with Gasteiger partial charge in [0.05, 0.1) is 39.7 Å². The first-order chi connectivity index (χ1) is 12.6. The predicted molar refractivity (Wildman–Crippen MR) is 98.8 cm³/mol. The van der Waals surface area contributed by atoms with Gasteiger partial charge in [-0.25, -0.2) is 5.43 Å². The van der Waals surface area contributed by atoms with Gasteiger partial charge in [0.1, 0.15) is 5.75 Å². The van der Waals surface area contributed by atoms with E-state index in [9.17, 15) is 4.79 Å². The third-order valence-corrected chi connectivity index (χ3v) is 3.50. The van der Waals surface area contributed by atoms with Crippen molar-refractivity contribution in [3.05, 3.63) is 47.5 Å². The number of hydrazone groups is 1. The second-order valence-corrected chi connectivity index (χ2v) is 5.09. The first kappa shape index (κ1) is 19.1. The number of hydrogen-bond donors (Lipinski definition) is 1. The molecular formula is C19H22N2O5. The standard InChI is InChI=1S/C19H22N2O5/c1-5-26-18-16(24-3)10-13(11-17(18)25-4)12-20-21-19(22)14-8-6-7-9-15(14)23-2/h6-12H,5H2,1-4H3,(H,21,22)/b20-12+. The minimum absolute atomic E-state index is 0.372. The summed E-state index contributed by atoms with van der Waals surface area (Å²) in [6, 6.07) is 10.4. The Balaban J connectivity index is 2.18. The number of carbonyl (C=O) groups excluding carboxylic acids is 1. The van der Waals surface area contributed by atoms with Crippen molar-refractivity contribution in [3.8, 4) is 23.0 Å². The Hall–Kier alpha value is -3.22. The van der Waals surface area contributed by atoms with Gasteiger partial charge in [0, 0.05) is 5.56 Å². The van der Waals surface area contributed by atoms with Crippen LogP contribution in [-0.4, -0.2) is 40.1 Å². The van der Waals surface area contributed by atoms with Crippen molar-refractivity contribution in [2.75, 3.05) is 27.9 Å². The molecule has 0 aromatic heterocycles. The highest BCUT2D eigenvalue weighted by Gasteiger charge is 2.13. The van der Waals surface area contributed by atoms with Gasteiger partial charge in [0.15, 0.2) is 11.5 Å². The van der Waals surface area contributed by atoms with E-state index in [1.165, 1.54) is 13.3 Å². The smallest absolute Gasteiger partial charge is 0.275 e. The molecule has 138 valence electrons. The lowest BCUT2D eigenvalue weighted by atomic mass is 10.2. The molecule has 0 bridgehead atoms. The quantitative estimate of drug-likeness (QED) is 0.580. The summed E-state index contributed by atoms with van der Waals surface area (Å²) in [5.41, 5.74) is 3.55. The molecule has 0 heterocycles. The van der Waals surface area contributed by atoms with Crippen LogP contribution in [0.15, 0.2) is 41.5 Å². The van der Waals surface area contributed by atoms with E-state index in [0.29, 0.717) is 40.7 Å². The highest BCUT2D eigenvalue weighted by molar-refractivity contribution is 5.97. The lowest BCUT2D eigenvalue weighted by Gasteiger charge is -2.14. The molecule has 0 fully saturated rings. The maximum Gasteiger partial charge on any atom is 0.275 e. The molecule has 0 aliphatic carbocycles.